The molecule has 4 rings (SSSR count). The number of H-pyrrole nitrogens is 1. The molecule has 4 nitrogen and oxygen atoms in total. The van der Waals surface area contributed by atoms with E-state index in [1.807, 2.05) is 56.3 Å². The molecule has 5 heteroatoms. The molecule has 0 radical (unpaired) electrons. The number of fused-ring (bicyclic) bond motifs is 1. The number of hydrogen-bond donors (Lipinski definition) is 2. The number of nitrogens with one attached hydrogen (secondary N) is 2. The Labute approximate surface area is 168 Å². The Bertz CT molecular complexity index is 1110. The van der Waals surface area contributed by atoms with Crippen molar-refractivity contribution in [2.24, 2.45) is 0 Å². The summed E-state index contributed by atoms with van der Waals surface area (Å²) in [6.45, 7) is 3.76. The van der Waals surface area contributed by atoms with E-state index >= 15 is 0 Å². The van der Waals surface area contributed by atoms with Gasteiger partial charge in [-0.2, -0.15) is 0 Å². The van der Waals surface area contributed by atoms with Crippen molar-refractivity contribution in [2.45, 2.75) is 44.9 Å². The highest BCUT2D eigenvalue weighted by molar-refractivity contribution is 6.30. The molecule has 2 aromatic carbocycles. The number of pyridine rings is 1. The van der Waals surface area contributed by atoms with Crippen LogP contribution in [-0.4, -0.2) is 10.9 Å². The SMILES string of the molecule is Cc1c(C)c2ccc(NC(=O)C3(c4ccc(Cl)cc4)CCCC3)cc2[nH]c1=O. The van der Waals surface area contributed by atoms with Gasteiger partial charge in [-0.15, -0.1) is 0 Å². The highest BCUT2D eigenvalue weighted by Crippen LogP contribution is 2.42. The first-order valence-corrected chi connectivity index (χ1v) is 9.99. The number of benzene rings is 2. The summed E-state index contributed by atoms with van der Waals surface area (Å²) in [5, 5.41) is 4.75. The van der Waals surface area contributed by atoms with E-state index in [1.165, 1.54) is 0 Å². The third-order valence-electron chi connectivity index (χ3n) is 6.12. The van der Waals surface area contributed by atoms with Crippen LogP contribution in [0.15, 0.2) is 47.3 Å². The van der Waals surface area contributed by atoms with Crippen LogP contribution in [0.4, 0.5) is 5.69 Å². The van der Waals surface area contributed by atoms with E-state index in [9.17, 15) is 9.59 Å². The van der Waals surface area contributed by atoms with Crippen LogP contribution in [0.3, 0.4) is 0 Å². The number of carbonyl (C=O) groups excluding carboxylic acids is 1. The molecule has 28 heavy (non-hydrogen) atoms. The minimum atomic E-state index is -0.532. The van der Waals surface area contributed by atoms with E-state index in [2.05, 4.69) is 10.3 Å². The van der Waals surface area contributed by atoms with Crippen molar-refractivity contribution < 1.29 is 4.79 Å². The van der Waals surface area contributed by atoms with Crippen LogP contribution < -0.4 is 10.9 Å². The van der Waals surface area contributed by atoms with Crippen molar-refractivity contribution >= 4 is 34.1 Å². The zero-order chi connectivity index (χ0) is 19.9. The largest absolute Gasteiger partial charge is 0.325 e. The van der Waals surface area contributed by atoms with Gasteiger partial charge in [-0.1, -0.05) is 42.6 Å². The smallest absolute Gasteiger partial charge is 0.251 e. The average Bonchev–Trinajstić information content (AvgIpc) is 3.18. The monoisotopic (exact) mass is 394 g/mol. The molecule has 1 fully saturated rings. The molecule has 144 valence electrons. The van der Waals surface area contributed by atoms with Crippen LogP contribution in [0.1, 0.15) is 42.4 Å². The summed E-state index contributed by atoms with van der Waals surface area (Å²) in [6, 6.07) is 13.3. The molecule has 1 saturated carbocycles. The first kappa shape index (κ1) is 18.8. The van der Waals surface area contributed by atoms with Gasteiger partial charge in [0.1, 0.15) is 0 Å². The van der Waals surface area contributed by atoms with Crippen LogP contribution in [0, 0.1) is 13.8 Å². The molecular formula is C23H23ClN2O2. The van der Waals surface area contributed by atoms with Crippen molar-refractivity contribution in [1.82, 2.24) is 4.98 Å². The Morgan fingerprint density at radius 1 is 1.04 bits per heavy atom. The third-order valence-corrected chi connectivity index (χ3v) is 6.37. The van der Waals surface area contributed by atoms with Gasteiger partial charge < -0.3 is 10.3 Å². The predicted octanol–water partition coefficient (Wildman–Crippen LogP) is 5.25. The maximum atomic E-state index is 13.3. The Balaban J connectivity index is 1.69. The predicted molar refractivity (Wildman–Crippen MR) is 114 cm³/mol. The number of carbonyl (C=O) groups is 1. The fourth-order valence-electron chi connectivity index (χ4n) is 4.29. The van der Waals surface area contributed by atoms with Gasteiger partial charge >= 0.3 is 0 Å². The second-order valence-corrected chi connectivity index (χ2v) is 8.15. The van der Waals surface area contributed by atoms with Gasteiger partial charge in [-0.25, -0.2) is 0 Å². The second kappa shape index (κ2) is 7.10. The van der Waals surface area contributed by atoms with Gasteiger partial charge in [0, 0.05) is 21.7 Å². The molecule has 0 bridgehead atoms. The number of aryl methyl sites for hydroxylation is 1. The number of amides is 1. The van der Waals surface area contributed by atoms with Crippen LogP contribution in [0.25, 0.3) is 10.9 Å². The zero-order valence-electron chi connectivity index (χ0n) is 16.1. The van der Waals surface area contributed by atoms with E-state index in [-0.39, 0.29) is 11.5 Å². The van der Waals surface area contributed by atoms with Gasteiger partial charge in [0.05, 0.1) is 10.9 Å². The van der Waals surface area contributed by atoms with Gasteiger partial charge in [-0.05, 0) is 62.1 Å². The normalized spacial score (nSPS) is 15.7. The fourth-order valence-corrected chi connectivity index (χ4v) is 4.41. The Morgan fingerprint density at radius 2 is 1.71 bits per heavy atom. The van der Waals surface area contributed by atoms with E-state index in [0.29, 0.717) is 10.7 Å². The lowest BCUT2D eigenvalue weighted by atomic mass is 9.78. The number of aromatic nitrogens is 1. The number of anilines is 1. The zero-order valence-corrected chi connectivity index (χ0v) is 16.8. The average molecular weight is 395 g/mol. The van der Waals surface area contributed by atoms with Crippen molar-refractivity contribution in [2.75, 3.05) is 5.32 Å². The van der Waals surface area contributed by atoms with E-state index in [1.54, 1.807) is 0 Å². The second-order valence-electron chi connectivity index (χ2n) is 7.71. The van der Waals surface area contributed by atoms with Crippen molar-refractivity contribution in [3.63, 3.8) is 0 Å². The van der Waals surface area contributed by atoms with E-state index in [4.69, 9.17) is 11.6 Å². The van der Waals surface area contributed by atoms with E-state index < -0.39 is 5.41 Å². The van der Waals surface area contributed by atoms with Crippen LogP contribution in [0.5, 0.6) is 0 Å². The quantitative estimate of drug-likeness (QED) is 0.637. The summed E-state index contributed by atoms with van der Waals surface area (Å²) in [6.07, 6.45) is 3.70. The molecule has 1 amide bonds. The molecule has 3 aromatic rings. The maximum Gasteiger partial charge on any atom is 0.251 e. The molecule has 1 heterocycles. The molecule has 1 aliphatic carbocycles. The molecule has 0 aliphatic heterocycles. The lowest BCUT2D eigenvalue weighted by molar-refractivity contribution is -0.121. The fraction of sp³-hybridized carbons (Fsp3) is 0.304. The minimum absolute atomic E-state index is 0.00199. The Morgan fingerprint density at radius 3 is 2.39 bits per heavy atom. The maximum absolute atomic E-state index is 13.3. The minimum Gasteiger partial charge on any atom is -0.325 e. The summed E-state index contributed by atoms with van der Waals surface area (Å²) >= 11 is 6.04. The topological polar surface area (TPSA) is 62.0 Å². The molecular weight excluding hydrogens is 372 g/mol. The van der Waals surface area contributed by atoms with Crippen molar-refractivity contribution in [3.8, 4) is 0 Å². The molecule has 0 atom stereocenters. The summed E-state index contributed by atoms with van der Waals surface area (Å²) in [5.41, 5.74) is 3.49. The van der Waals surface area contributed by atoms with Crippen molar-refractivity contribution in [1.29, 1.82) is 0 Å². The van der Waals surface area contributed by atoms with Gasteiger partial charge in [0.15, 0.2) is 0 Å². The van der Waals surface area contributed by atoms with Crippen LogP contribution >= 0.6 is 11.6 Å². The van der Waals surface area contributed by atoms with E-state index in [0.717, 1.165) is 53.3 Å². The number of hydrogen-bond acceptors (Lipinski definition) is 2. The molecule has 0 spiro atoms. The lowest BCUT2D eigenvalue weighted by Gasteiger charge is -2.28. The first-order valence-electron chi connectivity index (χ1n) is 9.61. The summed E-state index contributed by atoms with van der Waals surface area (Å²) in [5.74, 6) is -0.00199. The molecule has 2 N–H and O–H groups in total. The number of halogens is 1. The third kappa shape index (κ3) is 3.12. The molecule has 1 aromatic heterocycles. The molecule has 0 saturated heterocycles. The van der Waals surface area contributed by atoms with Crippen LogP contribution in [-0.2, 0) is 10.2 Å². The molecule has 0 unspecified atom stereocenters. The number of aromatic amines is 1. The van der Waals surface area contributed by atoms with Gasteiger partial charge in [0.25, 0.3) is 5.56 Å². The number of rotatable bonds is 3. The summed E-state index contributed by atoms with van der Waals surface area (Å²) in [7, 11) is 0. The van der Waals surface area contributed by atoms with Crippen LogP contribution in [0.2, 0.25) is 5.02 Å². The Hall–Kier alpha value is -2.59. The standard InChI is InChI=1S/C23H23ClN2O2/c1-14-15(2)21(27)26-20-13-18(9-10-19(14)20)25-22(28)23(11-3-4-12-23)16-5-7-17(24)8-6-16/h5-10,13H,3-4,11-12H2,1-2H3,(H,25,28)(H,26,27). The molecule has 1 aliphatic rings. The summed E-state index contributed by atoms with van der Waals surface area (Å²) < 4.78 is 0. The van der Waals surface area contributed by atoms with Crippen molar-refractivity contribution in [3.05, 3.63) is 74.5 Å². The van der Waals surface area contributed by atoms with Gasteiger partial charge in [0.2, 0.25) is 5.91 Å². The lowest BCUT2D eigenvalue weighted by Crippen LogP contribution is -2.38. The highest BCUT2D eigenvalue weighted by atomic mass is 35.5. The highest BCUT2D eigenvalue weighted by Gasteiger charge is 2.42. The van der Waals surface area contributed by atoms with Gasteiger partial charge in [-0.3, -0.25) is 9.59 Å². The Kier molecular flexibility index (Phi) is 4.76. The first-order chi connectivity index (χ1) is 13.4. The summed E-state index contributed by atoms with van der Waals surface area (Å²) in [4.78, 5) is 28.3.